The molecule has 4 aromatic heterocycles. The third-order valence-electron chi connectivity index (χ3n) is 11.2. The van der Waals surface area contributed by atoms with Gasteiger partial charge in [0.15, 0.2) is 0 Å². The van der Waals surface area contributed by atoms with Crippen LogP contribution < -0.4 is 0 Å². The molecule has 0 aliphatic heterocycles. The normalized spacial score (nSPS) is 11.4. The van der Waals surface area contributed by atoms with Gasteiger partial charge in [0.25, 0.3) is 0 Å². The first kappa shape index (κ1) is 33.5. The summed E-state index contributed by atoms with van der Waals surface area (Å²) in [6, 6.07) is 68.3. The van der Waals surface area contributed by atoms with Crippen LogP contribution in [0.4, 0.5) is 0 Å². The predicted molar refractivity (Wildman–Crippen MR) is 240 cm³/mol. The molecule has 0 spiro atoms. The number of hydrogen-bond acceptors (Lipinski definition) is 4. The minimum atomic E-state index is 0.834. The molecule has 4 heterocycles. The summed E-state index contributed by atoms with van der Waals surface area (Å²) in [5, 5.41) is 6.60. The molecule has 0 radical (unpaired) electrons. The molecule has 4 heteroatoms. The van der Waals surface area contributed by atoms with Gasteiger partial charge in [0, 0.05) is 50.8 Å². The molecule has 0 N–H and O–H groups in total. The Morgan fingerprint density at radius 1 is 0.276 bits per heavy atom. The van der Waals surface area contributed by atoms with E-state index in [1.54, 1.807) is 0 Å². The first-order valence-electron chi connectivity index (χ1n) is 19.5. The highest BCUT2D eigenvalue weighted by Gasteiger charge is 2.19. The average Bonchev–Trinajstić information content (AvgIpc) is 3.31. The topological polar surface area (TPSA) is 51.6 Å². The quantitative estimate of drug-likeness (QED) is 0.159. The molecule has 0 bridgehead atoms. The molecule has 0 aliphatic carbocycles. The number of rotatable bonds is 6. The molecule has 58 heavy (non-hydrogen) atoms. The van der Waals surface area contributed by atoms with Gasteiger partial charge in [-0.05, 0) is 68.7 Å². The van der Waals surface area contributed by atoms with Gasteiger partial charge in [-0.3, -0.25) is 9.97 Å². The van der Waals surface area contributed by atoms with Crippen molar-refractivity contribution in [2.75, 3.05) is 0 Å². The van der Waals surface area contributed by atoms with Crippen LogP contribution in [0, 0.1) is 0 Å². The molecule has 0 saturated carbocycles. The number of fused-ring (bicyclic) bond motifs is 5. The summed E-state index contributed by atoms with van der Waals surface area (Å²) in [6.07, 6.45) is 3.80. The molecule has 7 aromatic carbocycles. The van der Waals surface area contributed by atoms with E-state index in [0.717, 1.165) is 99.7 Å². The van der Waals surface area contributed by atoms with Gasteiger partial charge < -0.3 is 0 Å². The smallest absolute Gasteiger partial charge is 0.0979 e. The van der Waals surface area contributed by atoms with E-state index >= 15 is 0 Å². The molecule has 4 nitrogen and oxygen atoms in total. The number of hydrogen-bond donors (Lipinski definition) is 0. The van der Waals surface area contributed by atoms with Gasteiger partial charge >= 0.3 is 0 Å². The van der Waals surface area contributed by atoms with Crippen LogP contribution in [0.3, 0.4) is 0 Å². The zero-order valence-electron chi connectivity index (χ0n) is 31.4. The fraction of sp³-hybridized carbons (Fsp3) is 0. The minimum Gasteiger partial charge on any atom is -0.256 e. The van der Waals surface area contributed by atoms with Crippen LogP contribution in [-0.4, -0.2) is 19.9 Å². The monoisotopic (exact) mass is 738 g/mol. The van der Waals surface area contributed by atoms with Crippen molar-refractivity contribution in [3.8, 4) is 67.3 Å². The van der Waals surface area contributed by atoms with Crippen LogP contribution in [0.2, 0.25) is 0 Å². The molecule has 11 rings (SSSR count). The zero-order valence-corrected chi connectivity index (χ0v) is 31.4. The Balaban J connectivity index is 1.19. The first-order chi connectivity index (χ1) is 28.7. The van der Waals surface area contributed by atoms with E-state index < -0.39 is 0 Å². The van der Waals surface area contributed by atoms with Crippen LogP contribution in [0.15, 0.2) is 207 Å². The fourth-order valence-corrected chi connectivity index (χ4v) is 8.21. The molecule has 0 fully saturated rings. The van der Waals surface area contributed by atoms with Gasteiger partial charge in [0.05, 0.1) is 33.8 Å². The standard InChI is InChI=1S/C54H34N4/c1-2-11-35(12-3-1)36-20-24-40(25-21-36)50-33-48(51-31-41-14-4-5-15-42(41)34-56-51)46-29-28-45-47(38-22-26-39(27-23-38)49-19-8-9-30-55-49)32-52(58-53(45)54(46)57-50)44-18-10-16-37-13-6-7-17-43(37)44/h1-34H. The van der Waals surface area contributed by atoms with E-state index in [1.165, 1.54) is 10.9 Å². The van der Waals surface area contributed by atoms with E-state index in [2.05, 4.69) is 175 Å². The summed E-state index contributed by atoms with van der Waals surface area (Å²) in [6.45, 7) is 0. The number of nitrogens with zero attached hydrogens (tertiary/aromatic N) is 4. The Hall–Kier alpha value is -7.82. The van der Waals surface area contributed by atoms with Crippen molar-refractivity contribution in [3.63, 3.8) is 0 Å². The van der Waals surface area contributed by atoms with E-state index in [4.69, 9.17) is 15.0 Å². The van der Waals surface area contributed by atoms with Crippen LogP contribution in [0.1, 0.15) is 0 Å². The van der Waals surface area contributed by atoms with Crippen LogP contribution in [0.5, 0.6) is 0 Å². The molecular weight excluding hydrogens is 705 g/mol. The Labute approximate surface area is 335 Å². The molecule has 270 valence electrons. The van der Waals surface area contributed by atoms with Gasteiger partial charge in [-0.1, -0.05) is 164 Å². The van der Waals surface area contributed by atoms with Crippen LogP contribution in [0.25, 0.3) is 111 Å². The van der Waals surface area contributed by atoms with E-state index in [9.17, 15) is 0 Å². The summed E-state index contributed by atoms with van der Waals surface area (Å²) in [4.78, 5) is 20.7. The molecule has 0 amide bonds. The number of benzene rings is 7. The lowest BCUT2D eigenvalue weighted by Gasteiger charge is -2.16. The third-order valence-corrected chi connectivity index (χ3v) is 11.2. The van der Waals surface area contributed by atoms with Crippen molar-refractivity contribution in [1.29, 1.82) is 0 Å². The lowest BCUT2D eigenvalue weighted by Crippen LogP contribution is -1.97. The molecule has 0 aliphatic rings. The zero-order chi connectivity index (χ0) is 38.4. The van der Waals surface area contributed by atoms with Crippen molar-refractivity contribution in [3.05, 3.63) is 207 Å². The SMILES string of the molecule is c1ccc(-c2ccc(-c3cc(-c4cc5ccccc5cn4)c4ccc5c(-c6ccc(-c7ccccn7)cc6)cc(-c6cccc7ccccc67)nc5c4n3)cc2)cc1. The highest BCUT2D eigenvalue weighted by molar-refractivity contribution is 6.14. The molecule has 11 aromatic rings. The highest BCUT2D eigenvalue weighted by atomic mass is 14.8. The molecule has 0 atom stereocenters. The predicted octanol–water partition coefficient (Wildman–Crippen LogP) is 13.9. The maximum absolute atomic E-state index is 5.56. The fourth-order valence-electron chi connectivity index (χ4n) is 8.21. The van der Waals surface area contributed by atoms with Gasteiger partial charge in [-0.25, -0.2) is 9.97 Å². The maximum atomic E-state index is 5.56. The van der Waals surface area contributed by atoms with Gasteiger partial charge in [-0.2, -0.15) is 0 Å². The van der Waals surface area contributed by atoms with Crippen molar-refractivity contribution in [1.82, 2.24) is 19.9 Å². The largest absolute Gasteiger partial charge is 0.256 e. The van der Waals surface area contributed by atoms with Crippen LogP contribution in [-0.2, 0) is 0 Å². The van der Waals surface area contributed by atoms with Crippen LogP contribution >= 0.6 is 0 Å². The Kier molecular flexibility index (Phi) is 8.11. The second kappa shape index (κ2) is 14.0. The van der Waals surface area contributed by atoms with Crippen molar-refractivity contribution in [2.45, 2.75) is 0 Å². The highest BCUT2D eigenvalue weighted by Crippen LogP contribution is 2.41. The van der Waals surface area contributed by atoms with E-state index in [0.29, 0.717) is 0 Å². The van der Waals surface area contributed by atoms with Crippen molar-refractivity contribution in [2.24, 2.45) is 0 Å². The molecule has 0 saturated heterocycles. The summed E-state index contributed by atoms with van der Waals surface area (Å²) < 4.78 is 0. The molecular formula is C54H34N4. The summed E-state index contributed by atoms with van der Waals surface area (Å²) >= 11 is 0. The van der Waals surface area contributed by atoms with E-state index in [-0.39, 0.29) is 0 Å². The summed E-state index contributed by atoms with van der Waals surface area (Å²) in [5.41, 5.74) is 14.0. The minimum absolute atomic E-state index is 0.834. The average molecular weight is 739 g/mol. The summed E-state index contributed by atoms with van der Waals surface area (Å²) in [7, 11) is 0. The number of pyridine rings is 4. The second-order valence-corrected chi connectivity index (χ2v) is 14.6. The van der Waals surface area contributed by atoms with Gasteiger partial charge in [-0.15, -0.1) is 0 Å². The Morgan fingerprint density at radius 3 is 1.64 bits per heavy atom. The second-order valence-electron chi connectivity index (χ2n) is 14.6. The molecule has 0 unspecified atom stereocenters. The lowest BCUT2D eigenvalue weighted by atomic mass is 9.93. The van der Waals surface area contributed by atoms with Crippen molar-refractivity contribution >= 4 is 43.4 Å². The Morgan fingerprint density at radius 2 is 0.862 bits per heavy atom. The lowest BCUT2D eigenvalue weighted by molar-refractivity contribution is 1.33. The van der Waals surface area contributed by atoms with Gasteiger partial charge in [0.2, 0.25) is 0 Å². The van der Waals surface area contributed by atoms with E-state index in [1.807, 2.05) is 36.7 Å². The summed E-state index contributed by atoms with van der Waals surface area (Å²) in [5.74, 6) is 0. The number of aromatic nitrogens is 4. The Bertz CT molecular complexity index is 3300. The third kappa shape index (κ3) is 5.96. The van der Waals surface area contributed by atoms with Gasteiger partial charge in [0.1, 0.15) is 0 Å². The maximum Gasteiger partial charge on any atom is 0.0979 e. The van der Waals surface area contributed by atoms with Crippen molar-refractivity contribution < 1.29 is 0 Å². The first-order valence-corrected chi connectivity index (χ1v) is 19.5.